The third kappa shape index (κ3) is 4.68. The maximum Gasteiger partial charge on any atom is 0.338 e. The fourth-order valence-corrected chi connectivity index (χ4v) is 2.98. The number of rotatable bonds is 6. The molecule has 0 unspecified atom stereocenters. The molecular weight excluding hydrogens is 320 g/mol. The molecule has 1 aromatic heterocycles. The van der Waals surface area contributed by atoms with Crippen molar-refractivity contribution in [1.29, 1.82) is 0 Å². The van der Waals surface area contributed by atoms with E-state index in [9.17, 15) is 4.79 Å². The van der Waals surface area contributed by atoms with Crippen LogP contribution in [0.4, 0.5) is 5.69 Å². The lowest BCUT2D eigenvalue weighted by molar-refractivity contribution is 0.0476. The van der Waals surface area contributed by atoms with Gasteiger partial charge in [0.05, 0.1) is 17.6 Å². The number of hydrogen-bond donors (Lipinski definition) is 0. The molecule has 0 aliphatic heterocycles. The van der Waals surface area contributed by atoms with Crippen LogP contribution in [-0.4, -0.2) is 30.8 Å². The van der Waals surface area contributed by atoms with Crippen molar-refractivity contribution in [3.05, 3.63) is 50.7 Å². The van der Waals surface area contributed by atoms with Crippen molar-refractivity contribution in [3.63, 3.8) is 0 Å². The highest BCUT2D eigenvalue weighted by molar-refractivity contribution is 7.11. The number of nitrogens with zero attached hydrogens (tertiary/aromatic N) is 2. The molecule has 1 aromatic carbocycles. The van der Waals surface area contributed by atoms with Crippen molar-refractivity contribution < 1.29 is 9.53 Å². The van der Waals surface area contributed by atoms with Crippen LogP contribution in [0.5, 0.6) is 0 Å². The van der Waals surface area contributed by atoms with Crippen LogP contribution in [-0.2, 0) is 11.3 Å². The zero-order valence-corrected chi connectivity index (χ0v) is 15.7. The molecule has 5 heteroatoms. The minimum Gasteiger partial charge on any atom is -0.456 e. The Labute approximate surface area is 147 Å². The smallest absolute Gasteiger partial charge is 0.338 e. The maximum atomic E-state index is 12.4. The summed E-state index contributed by atoms with van der Waals surface area (Å²) in [6, 6.07) is 7.81. The Hall–Kier alpha value is -2.14. The molecule has 2 rings (SSSR count). The lowest BCUT2D eigenvalue weighted by atomic mass is 10.0. The number of thiophene rings is 1. The summed E-state index contributed by atoms with van der Waals surface area (Å²) in [4.78, 5) is 21.1. The number of benzene rings is 1. The van der Waals surface area contributed by atoms with Gasteiger partial charge in [0, 0.05) is 23.3 Å². The molecule has 0 aliphatic rings. The fourth-order valence-electron chi connectivity index (χ4n) is 2.18. The van der Waals surface area contributed by atoms with Crippen LogP contribution in [0, 0.1) is 20.8 Å². The molecule has 0 saturated heterocycles. The van der Waals surface area contributed by atoms with E-state index in [0.29, 0.717) is 12.2 Å². The Morgan fingerprint density at radius 2 is 2.00 bits per heavy atom. The number of ether oxygens (including phenoxy) is 1. The summed E-state index contributed by atoms with van der Waals surface area (Å²) in [5.74, 6) is -0.289. The van der Waals surface area contributed by atoms with Crippen LogP contribution in [0.15, 0.2) is 29.3 Å². The Morgan fingerprint density at radius 1 is 1.25 bits per heavy atom. The van der Waals surface area contributed by atoms with Gasteiger partial charge < -0.3 is 9.64 Å². The summed E-state index contributed by atoms with van der Waals surface area (Å²) < 4.78 is 5.44. The van der Waals surface area contributed by atoms with Gasteiger partial charge >= 0.3 is 5.97 Å². The zero-order chi connectivity index (χ0) is 17.7. The molecule has 24 heavy (non-hydrogen) atoms. The number of esters is 1. The molecule has 0 saturated carbocycles. The van der Waals surface area contributed by atoms with Gasteiger partial charge in [-0.05, 0) is 63.1 Å². The molecule has 128 valence electrons. The molecular formula is C19H24N2O2S. The van der Waals surface area contributed by atoms with Crippen LogP contribution < -0.4 is 0 Å². The van der Waals surface area contributed by atoms with Crippen LogP contribution in [0.2, 0.25) is 0 Å². The van der Waals surface area contributed by atoms with E-state index < -0.39 is 0 Å². The average molecular weight is 344 g/mol. The zero-order valence-electron chi connectivity index (χ0n) is 14.9. The minimum absolute atomic E-state index is 0.289. The summed E-state index contributed by atoms with van der Waals surface area (Å²) in [5, 5.41) is 0. The monoisotopic (exact) mass is 344 g/mol. The topological polar surface area (TPSA) is 41.9 Å². The summed E-state index contributed by atoms with van der Waals surface area (Å²) in [7, 11) is 1.98. The second-order valence-corrected chi connectivity index (χ2v) is 7.23. The van der Waals surface area contributed by atoms with Gasteiger partial charge in [0.25, 0.3) is 0 Å². The molecule has 0 N–H and O–H groups in total. The van der Waals surface area contributed by atoms with Gasteiger partial charge in [-0.15, -0.1) is 11.3 Å². The van der Waals surface area contributed by atoms with Gasteiger partial charge in [0.1, 0.15) is 6.61 Å². The van der Waals surface area contributed by atoms with Crippen LogP contribution in [0.1, 0.15) is 38.2 Å². The predicted octanol–water partition coefficient (Wildman–Crippen LogP) is 4.64. The molecule has 0 bridgehead atoms. The molecule has 1 heterocycles. The van der Waals surface area contributed by atoms with E-state index in [4.69, 9.17) is 4.74 Å². The number of aliphatic imine (C=N–C) groups is 1. The van der Waals surface area contributed by atoms with Crippen molar-refractivity contribution in [2.24, 2.45) is 4.99 Å². The van der Waals surface area contributed by atoms with Gasteiger partial charge in [0.15, 0.2) is 0 Å². The standard InChI is InChI=1S/C19H24N2O2S/c1-6-21(5)12-20-18-10-13(2)17(9-14(18)3)19(22)23-11-16-8-7-15(4)24-16/h7-10,12H,6,11H2,1-5H3/b20-12+. The number of aryl methyl sites for hydroxylation is 3. The molecule has 0 fully saturated rings. The first-order valence-electron chi connectivity index (χ1n) is 7.98. The summed E-state index contributed by atoms with van der Waals surface area (Å²) in [6.45, 7) is 9.19. The Kier molecular flexibility index (Phi) is 6.15. The van der Waals surface area contributed by atoms with Gasteiger partial charge in [0.2, 0.25) is 0 Å². The normalized spacial score (nSPS) is 11.0. The third-order valence-corrected chi connectivity index (χ3v) is 4.77. The second kappa shape index (κ2) is 8.11. The minimum atomic E-state index is -0.289. The van der Waals surface area contributed by atoms with Gasteiger partial charge in [-0.2, -0.15) is 0 Å². The van der Waals surface area contributed by atoms with E-state index in [2.05, 4.69) is 11.9 Å². The average Bonchev–Trinajstić information content (AvgIpc) is 2.98. The molecule has 2 aromatic rings. The molecule has 4 nitrogen and oxygen atoms in total. The van der Waals surface area contributed by atoms with E-state index in [-0.39, 0.29) is 5.97 Å². The Balaban J connectivity index is 2.11. The first-order valence-corrected chi connectivity index (χ1v) is 8.80. The fraction of sp³-hybridized carbons (Fsp3) is 0.368. The first-order chi connectivity index (χ1) is 11.4. The lowest BCUT2D eigenvalue weighted by Gasteiger charge is -2.11. The first kappa shape index (κ1) is 18.2. The van der Waals surface area contributed by atoms with E-state index in [1.54, 1.807) is 17.7 Å². The highest BCUT2D eigenvalue weighted by Crippen LogP contribution is 2.24. The van der Waals surface area contributed by atoms with Gasteiger partial charge in [-0.25, -0.2) is 9.79 Å². The van der Waals surface area contributed by atoms with Crippen molar-refractivity contribution in [2.45, 2.75) is 34.3 Å². The molecule has 0 spiro atoms. The SMILES string of the molecule is CCN(C)/C=N/c1cc(C)c(C(=O)OCc2ccc(C)s2)cc1C. The van der Waals surface area contributed by atoms with Crippen molar-refractivity contribution >= 4 is 29.3 Å². The maximum absolute atomic E-state index is 12.4. The van der Waals surface area contributed by atoms with Crippen LogP contribution >= 0.6 is 11.3 Å². The van der Waals surface area contributed by atoms with E-state index >= 15 is 0 Å². The summed E-state index contributed by atoms with van der Waals surface area (Å²) in [6.07, 6.45) is 1.80. The Bertz CT molecular complexity index is 750. The van der Waals surface area contributed by atoms with E-state index in [1.807, 2.05) is 57.0 Å². The highest BCUT2D eigenvalue weighted by atomic mass is 32.1. The second-order valence-electron chi connectivity index (χ2n) is 5.86. The highest BCUT2D eigenvalue weighted by Gasteiger charge is 2.13. The molecule has 0 atom stereocenters. The number of hydrogen-bond acceptors (Lipinski definition) is 4. The summed E-state index contributed by atoms with van der Waals surface area (Å²) >= 11 is 1.65. The summed E-state index contributed by atoms with van der Waals surface area (Å²) in [5.41, 5.74) is 3.31. The predicted molar refractivity (Wildman–Crippen MR) is 101 cm³/mol. The Morgan fingerprint density at radius 3 is 2.62 bits per heavy atom. The third-order valence-electron chi connectivity index (χ3n) is 3.80. The van der Waals surface area contributed by atoms with Crippen molar-refractivity contribution in [2.75, 3.05) is 13.6 Å². The molecule has 0 aliphatic carbocycles. The van der Waals surface area contributed by atoms with Gasteiger partial charge in [-0.1, -0.05) is 0 Å². The van der Waals surface area contributed by atoms with Gasteiger partial charge in [-0.3, -0.25) is 0 Å². The van der Waals surface area contributed by atoms with Crippen LogP contribution in [0.3, 0.4) is 0 Å². The molecule has 0 amide bonds. The van der Waals surface area contributed by atoms with Crippen molar-refractivity contribution in [1.82, 2.24) is 4.90 Å². The number of carbonyl (C=O) groups is 1. The lowest BCUT2D eigenvalue weighted by Crippen LogP contribution is -2.14. The largest absolute Gasteiger partial charge is 0.456 e. The molecule has 0 radical (unpaired) electrons. The quantitative estimate of drug-likeness (QED) is 0.435. The van der Waals surface area contributed by atoms with Crippen molar-refractivity contribution in [3.8, 4) is 0 Å². The van der Waals surface area contributed by atoms with E-state index in [0.717, 1.165) is 28.2 Å². The van der Waals surface area contributed by atoms with E-state index in [1.165, 1.54) is 4.88 Å². The number of carbonyl (C=O) groups excluding carboxylic acids is 1. The van der Waals surface area contributed by atoms with Crippen LogP contribution in [0.25, 0.3) is 0 Å².